The van der Waals surface area contributed by atoms with Crippen LogP contribution in [-0.2, 0) is 0 Å². The Bertz CT molecular complexity index is 421. The summed E-state index contributed by atoms with van der Waals surface area (Å²) in [6, 6.07) is 0.668. The molecule has 0 saturated carbocycles. The lowest BCUT2D eigenvalue weighted by Crippen LogP contribution is -2.22. The number of carbonyl (C=O) groups is 1. The molecule has 0 aliphatic rings. The number of carboxylic acids is 1. The van der Waals surface area contributed by atoms with Crippen LogP contribution in [0.1, 0.15) is 27.5 Å². The highest BCUT2D eigenvalue weighted by molar-refractivity contribution is 5.90. The summed E-state index contributed by atoms with van der Waals surface area (Å²) in [7, 11) is 0. The molecule has 0 bridgehead atoms. The number of hydrogen-bond acceptors (Lipinski definition) is 3. The largest absolute Gasteiger partial charge is 0.507 e. The molecule has 0 aliphatic carbocycles. The maximum Gasteiger partial charge on any atom is 0.336 e. The summed E-state index contributed by atoms with van der Waals surface area (Å²) in [5.74, 6) is -1.89. The van der Waals surface area contributed by atoms with E-state index in [2.05, 4.69) is 0 Å². The molecule has 6 heteroatoms. The van der Waals surface area contributed by atoms with Crippen molar-refractivity contribution in [2.24, 2.45) is 5.73 Å². The average Bonchev–Trinajstić information content (AvgIpc) is 2.20. The summed E-state index contributed by atoms with van der Waals surface area (Å²) in [4.78, 5) is 10.8. The van der Waals surface area contributed by atoms with E-state index in [0.29, 0.717) is 5.56 Å². The van der Waals surface area contributed by atoms with Gasteiger partial charge in [0.25, 0.3) is 6.43 Å². The van der Waals surface area contributed by atoms with Crippen LogP contribution in [-0.4, -0.2) is 22.6 Å². The minimum atomic E-state index is -2.94. The van der Waals surface area contributed by atoms with Gasteiger partial charge in [-0.15, -0.1) is 0 Å². The molecular weight excluding hydrogens is 220 g/mol. The topological polar surface area (TPSA) is 83.5 Å². The number of halogens is 2. The van der Waals surface area contributed by atoms with Gasteiger partial charge in [-0.25, -0.2) is 13.6 Å². The maximum atomic E-state index is 12.4. The van der Waals surface area contributed by atoms with Crippen molar-refractivity contribution in [3.05, 3.63) is 28.8 Å². The lowest BCUT2D eigenvalue weighted by Gasteiger charge is -2.16. The predicted octanol–water partition coefficient (Wildman–Crippen LogP) is 1.66. The molecule has 0 saturated heterocycles. The van der Waals surface area contributed by atoms with Crippen molar-refractivity contribution in [2.45, 2.75) is 19.4 Å². The SMILES string of the molecule is Cc1ccc(C(=O)O)c([C@@H](N)C(F)F)c1O. The van der Waals surface area contributed by atoms with Crippen LogP contribution in [0, 0.1) is 6.92 Å². The van der Waals surface area contributed by atoms with E-state index in [-0.39, 0.29) is 0 Å². The third-order valence-electron chi connectivity index (χ3n) is 2.25. The summed E-state index contributed by atoms with van der Waals surface area (Å²) in [6.07, 6.45) is -2.94. The molecule has 1 atom stereocenters. The first kappa shape index (κ1) is 12.4. The second kappa shape index (κ2) is 4.44. The standard InChI is InChI=1S/C10H11F2NO3/c1-4-2-3-5(10(15)16)6(8(4)14)7(13)9(11)12/h2-3,7,9,14H,13H2,1H3,(H,15,16)/t7-/m1/s1. The van der Waals surface area contributed by atoms with Gasteiger partial charge in [0.05, 0.1) is 11.6 Å². The van der Waals surface area contributed by atoms with E-state index in [1.165, 1.54) is 13.0 Å². The lowest BCUT2D eigenvalue weighted by molar-refractivity contribution is 0.0690. The third kappa shape index (κ3) is 2.11. The number of aryl methyl sites for hydroxylation is 1. The Morgan fingerprint density at radius 1 is 1.44 bits per heavy atom. The zero-order valence-corrected chi connectivity index (χ0v) is 8.45. The molecule has 0 radical (unpaired) electrons. The smallest absolute Gasteiger partial charge is 0.336 e. The molecule has 0 aromatic heterocycles. The molecule has 0 heterocycles. The Hall–Kier alpha value is -1.69. The molecule has 0 spiro atoms. The fourth-order valence-corrected chi connectivity index (χ4v) is 1.37. The van der Waals surface area contributed by atoms with Crippen molar-refractivity contribution < 1.29 is 23.8 Å². The number of hydrogen-bond donors (Lipinski definition) is 3. The van der Waals surface area contributed by atoms with Gasteiger partial charge in [-0.1, -0.05) is 6.07 Å². The van der Waals surface area contributed by atoms with Crippen LogP contribution in [0.3, 0.4) is 0 Å². The molecular formula is C10H11F2NO3. The third-order valence-corrected chi connectivity index (χ3v) is 2.25. The Labute approximate surface area is 90.3 Å². The molecule has 88 valence electrons. The monoisotopic (exact) mass is 231 g/mol. The highest BCUT2D eigenvalue weighted by Gasteiger charge is 2.27. The first-order chi connectivity index (χ1) is 7.36. The predicted molar refractivity (Wildman–Crippen MR) is 52.7 cm³/mol. The fraction of sp³-hybridized carbons (Fsp3) is 0.300. The zero-order chi connectivity index (χ0) is 12.5. The van der Waals surface area contributed by atoms with Crippen molar-refractivity contribution >= 4 is 5.97 Å². The van der Waals surface area contributed by atoms with E-state index in [9.17, 15) is 18.7 Å². The minimum Gasteiger partial charge on any atom is -0.507 e. The number of carboxylic acid groups (broad SMARTS) is 1. The van der Waals surface area contributed by atoms with Crippen LogP contribution in [0.5, 0.6) is 5.75 Å². The molecule has 4 N–H and O–H groups in total. The van der Waals surface area contributed by atoms with E-state index >= 15 is 0 Å². The summed E-state index contributed by atoms with van der Waals surface area (Å²) >= 11 is 0. The highest BCUT2D eigenvalue weighted by Crippen LogP contribution is 2.32. The molecule has 0 unspecified atom stereocenters. The van der Waals surface area contributed by atoms with Gasteiger partial charge in [0.1, 0.15) is 5.75 Å². The van der Waals surface area contributed by atoms with Crippen molar-refractivity contribution in [1.29, 1.82) is 0 Å². The van der Waals surface area contributed by atoms with E-state index in [1.807, 2.05) is 0 Å². The quantitative estimate of drug-likeness (QED) is 0.738. The Kier molecular flexibility index (Phi) is 3.44. The van der Waals surface area contributed by atoms with Gasteiger partial charge in [-0.05, 0) is 18.6 Å². The van der Waals surface area contributed by atoms with Gasteiger partial charge in [0, 0.05) is 5.56 Å². The van der Waals surface area contributed by atoms with Crippen molar-refractivity contribution in [3.8, 4) is 5.75 Å². The zero-order valence-electron chi connectivity index (χ0n) is 8.45. The number of aromatic carboxylic acids is 1. The Balaban J connectivity index is 3.43. The number of nitrogens with two attached hydrogens (primary N) is 1. The Morgan fingerprint density at radius 3 is 2.44 bits per heavy atom. The fourth-order valence-electron chi connectivity index (χ4n) is 1.37. The van der Waals surface area contributed by atoms with Crippen LogP contribution < -0.4 is 5.73 Å². The van der Waals surface area contributed by atoms with E-state index in [0.717, 1.165) is 6.07 Å². The van der Waals surface area contributed by atoms with Gasteiger partial charge in [0.15, 0.2) is 0 Å². The summed E-state index contributed by atoms with van der Waals surface area (Å²) in [6.45, 7) is 1.47. The molecule has 0 amide bonds. The van der Waals surface area contributed by atoms with Crippen LogP contribution in [0.4, 0.5) is 8.78 Å². The van der Waals surface area contributed by atoms with E-state index < -0.39 is 35.3 Å². The molecule has 16 heavy (non-hydrogen) atoms. The Morgan fingerprint density at radius 2 is 2.00 bits per heavy atom. The lowest BCUT2D eigenvalue weighted by atomic mass is 9.97. The number of alkyl halides is 2. The summed E-state index contributed by atoms with van der Waals surface area (Å²) in [5.41, 5.74) is 4.64. The molecule has 1 aromatic rings. The van der Waals surface area contributed by atoms with E-state index in [4.69, 9.17) is 10.8 Å². The number of phenols is 1. The second-order valence-electron chi connectivity index (χ2n) is 3.36. The van der Waals surface area contributed by atoms with Gasteiger partial charge in [-0.3, -0.25) is 0 Å². The van der Waals surface area contributed by atoms with Crippen LogP contribution in [0.25, 0.3) is 0 Å². The second-order valence-corrected chi connectivity index (χ2v) is 3.36. The summed E-state index contributed by atoms with van der Waals surface area (Å²) < 4.78 is 24.9. The van der Waals surface area contributed by atoms with Crippen LogP contribution in [0.15, 0.2) is 12.1 Å². The average molecular weight is 231 g/mol. The molecule has 4 nitrogen and oxygen atoms in total. The molecule has 1 aromatic carbocycles. The number of benzene rings is 1. The van der Waals surface area contributed by atoms with Gasteiger partial charge < -0.3 is 15.9 Å². The number of rotatable bonds is 3. The molecule has 0 aliphatic heterocycles. The number of phenolic OH excluding ortho intramolecular Hbond substituents is 1. The van der Waals surface area contributed by atoms with Gasteiger partial charge in [0.2, 0.25) is 0 Å². The molecule has 0 fully saturated rings. The highest BCUT2D eigenvalue weighted by atomic mass is 19.3. The van der Waals surface area contributed by atoms with Crippen LogP contribution in [0.2, 0.25) is 0 Å². The maximum absolute atomic E-state index is 12.4. The molecule has 1 rings (SSSR count). The van der Waals surface area contributed by atoms with Crippen molar-refractivity contribution in [1.82, 2.24) is 0 Å². The van der Waals surface area contributed by atoms with Gasteiger partial charge >= 0.3 is 5.97 Å². The van der Waals surface area contributed by atoms with Crippen molar-refractivity contribution in [2.75, 3.05) is 0 Å². The first-order valence-electron chi connectivity index (χ1n) is 4.45. The van der Waals surface area contributed by atoms with E-state index in [1.54, 1.807) is 0 Å². The summed E-state index contributed by atoms with van der Waals surface area (Å²) in [5, 5.41) is 18.4. The van der Waals surface area contributed by atoms with Gasteiger partial charge in [-0.2, -0.15) is 0 Å². The first-order valence-corrected chi connectivity index (χ1v) is 4.45. The van der Waals surface area contributed by atoms with Crippen molar-refractivity contribution in [3.63, 3.8) is 0 Å². The normalized spacial score (nSPS) is 12.8. The number of aromatic hydroxyl groups is 1. The van der Waals surface area contributed by atoms with Crippen LogP contribution >= 0.6 is 0 Å². The minimum absolute atomic E-state index is 0.302.